The van der Waals surface area contributed by atoms with Crippen molar-refractivity contribution in [2.24, 2.45) is 0 Å². The van der Waals surface area contributed by atoms with E-state index in [-0.39, 0.29) is 5.78 Å². The molecule has 90 valence electrons. The van der Waals surface area contributed by atoms with E-state index in [0.717, 1.165) is 0 Å². The second kappa shape index (κ2) is 5.84. The maximum absolute atomic E-state index is 11.2. The largest absolute Gasteiger partial charge is 0.463 e. The normalized spacial score (nSPS) is 10.5. The van der Waals surface area contributed by atoms with E-state index in [9.17, 15) is 9.59 Å². The van der Waals surface area contributed by atoms with Crippen LogP contribution in [0.1, 0.15) is 29.8 Å². The Bertz CT molecular complexity index is 464. The highest BCUT2D eigenvalue weighted by molar-refractivity contribution is 5.96. The topological polar surface area (TPSA) is 69.4 Å². The van der Waals surface area contributed by atoms with Gasteiger partial charge in [-0.25, -0.2) is 4.79 Å². The Kier molecular flexibility index (Phi) is 4.46. The molecule has 0 spiro atoms. The Balaban J connectivity index is 2.93. The van der Waals surface area contributed by atoms with Crippen molar-refractivity contribution in [3.05, 3.63) is 35.4 Å². The number of Topliss-reactive ketones (excluding diaryl/α,β-unsaturated/α-hetero) is 1. The molecule has 17 heavy (non-hydrogen) atoms. The van der Waals surface area contributed by atoms with E-state index in [2.05, 4.69) is 0 Å². The molecule has 0 radical (unpaired) electrons. The number of hydrogen-bond acceptors (Lipinski definition) is 4. The summed E-state index contributed by atoms with van der Waals surface area (Å²) >= 11 is 0. The zero-order valence-electron chi connectivity index (χ0n) is 9.90. The molecule has 0 saturated heterocycles. The number of ether oxygens (including phenoxy) is 1. The summed E-state index contributed by atoms with van der Waals surface area (Å²) in [5, 5.41) is 0. The Morgan fingerprint density at radius 2 is 2.12 bits per heavy atom. The summed E-state index contributed by atoms with van der Waals surface area (Å²) < 4.78 is 4.75. The molecule has 1 rings (SSSR count). The van der Waals surface area contributed by atoms with Gasteiger partial charge in [0.05, 0.1) is 6.61 Å². The molecule has 0 bridgehead atoms. The number of rotatable bonds is 4. The third-order valence-corrected chi connectivity index (χ3v) is 2.18. The minimum absolute atomic E-state index is 0.0456. The molecule has 4 heteroatoms. The number of carbonyl (C=O) groups excluding carboxylic acids is 2. The molecular weight excluding hydrogens is 218 g/mol. The molecule has 0 aliphatic carbocycles. The van der Waals surface area contributed by atoms with Gasteiger partial charge in [-0.1, -0.05) is 0 Å². The lowest BCUT2D eigenvalue weighted by atomic mass is 10.1. The Labute approximate surface area is 100 Å². The SMILES string of the molecule is CCOC(=O)/C=C/c1cc(C(C)=O)ccc1N. The van der Waals surface area contributed by atoms with Crippen LogP contribution in [0.4, 0.5) is 5.69 Å². The molecule has 0 aliphatic rings. The van der Waals surface area contributed by atoms with Crippen molar-refractivity contribution < 1.29 is 14.3 Å². The molecule has 0 heterocycles. The molecule has 0 unspecified atom stereocenters. The molecule has 0 saturated carbocycles. The maximum atomic E-state index is 11.2. The maximum Gasteiger partial charge on any atom is 0.330 e. The van der Waals surface area contributed by atoms with Gasteiger partial charge in [-0.15, -0.1) is 0 Å². The van der Waals surface area contributed by atoms with E-state index < -0.39 is 5.97 Å². The number of nitrogen functional groups attached to an aromatic ring is 1. The third kappa shape index (κ3) is 3.75. The van der Waals surface area contributed by atoms with Gasteiger partial charge < -0.3 is 10.5 Å². The second-order valence-electron chi connectivity index (χ2n) is 3.49. The van der Waals surface area contributed by atoms with E-state index in [1.54, 1.807) is 31.2 Å². The van der Waals surface area contributed by atoms with Crippen molar-refractivity contribution in [2.45, 2.75) is 13.8 Å². The van der Waals surface area contributed by atoms with Gasteiger partial charge in [0.25, 0.3) is 0 Å². The first kappa shape index (κ1) is 13.0. The molecule has 0 aromatic heterocycles. The van der Waals surface area contributed by atoms with Crippen LogP contribution >= 0.6 is 0 Å². The summed E-state index contributed by atoms with van der Waals surface area (Å²) in [7, 11) is 0. The van der Waals surface area contributed by atoms with Crippen molar-refractivity contribution >= 4 is 23.5 Å². The lowest BCUT2D eigenvalue weighted by Gasteiger charge is -2.02. The van der Waals surface area contributed by atoms with Crippen LogP contribution < -0.4 is 5.73 Å². The molecule has 1 aromatic rings. The van der Waals surface area contributed by atoms with E-state index in [1.807, 2.05) is 0 Å². The van der Waals surface area contributed by atoms with E-state index >= 15 is 0 Å². The number of anilines is 1. The Morgan fingerprint density at radius 3 is 2.71 bits per heavy atom. The molecule has 4 nitrogen and oxygen atoms in total. The average Bonchev–Trinajstić information content (AvgIpc) is 2.28. The van der Waals surface area contributed by atoms with E-state index in [0.29, 0.717) is 23.4 Å². The lowest BCUT2D eigenvalue weighted by Crippen LogP contribution is -2.00. The minimum Gasteiger partial charge on any atom is -0.463 e. The van der Waals surface area contributed by atoms with Gasteiger partial charge in [0, 0.05) is 17.3 Å². The number of esters is 1. The Hall–Kier alpha value is -2.10. The first-order chi connectivity index (χ1) is 8.04. The van der Waals surface area contributed by atoms with Gasteiger partial charge in [0.15, 0.2) is 5.78 Å². The van der Waals surface area contributed by atoms with Gasteiger partial charge in [-0.2, -0.15) is 0 Å². The average molecular weight is 233 g/mol. The summed E-state index contributed by atoms with van der Waals surface area (Å²) in [5.41, 5.74) is 7.43. The van der Waals surface area contributed by atoms with Gasteiger partial charge in [-0.05, 0) is 43.7 Å². The van der Waals surface area contributed by atoms with Crippen molar-refractivity contribution in [1.29, 1.82) is 0 Å². The van der Waals surface area contributed by atoms with E-state index in [1.165, 1.54) is 13.0 Å². The van der Waals surface area contributed by atoms with Crippen LogP contribution in [-0.2, 0) is 9.53 Å². The zero-order valence-corrected chi connectivity index (χ0v) is 9.90. The second-order valence-corrected chi connectivity index (χ2v) is 3.49. The predicted octanol–water partition coefficient (Wildman–Crippen LogP) is 2.05. The highest BCUT2D eigenvalue weighted by Gasteiger charge is 2.03. The molecule has 2 N–H and O–H groups in total. The van der Waals surface area contributed by atoms with Crippen molar-refractivity contribution in [2.75, 3.05) is 12.3 Å². The van der Waals surface area contributed by atoms with Crippen LogP contribution in [0.5, 0.6) is 0 Å². The lowest BCUT2D eigenvalue weighted by molar-refractivity contribution is -0.137. The van der Waals surface area contributed by atoms with Crippen LogP contribution in [0.3, 0.4) is 0 Å². The predicted molar refractivity (Wildman–Crippen MR) is 66.5 cm³/mol. The summed E-state index contributed by atoms with van der Waals surface area (Å²) in [6.45, 7) is 3.53. The number of ketones is 1. The third-order valence-electron chi connectivity index (χ3n) is 2.18. The number of nitrogens with two attached hydrogens (primary N) is 1. The van der Waals surface area contributed by atoms with Gasteiger partial charge in [0.1, 0.15) is 0 Å². The quantitative estimate of drug-likeness (QED) is 0.374. The summed E-state index contributed by atoms with van der Waals surface area (Å²) in [6.07, 6.45) is 2.83. The molecule has 0 atom stereocenters. The summed E-state index contributed by atoms with van der Waals surface area (Å²) in [4.78, 5) is 22.3. The Morgan fingerprint density at radius 1 is 1.41 bits per heavy atom. The van der Waals surface area contributed by atoms with E-state index in [4.69, 9.17) is 10.5 Å². The van der Waals surface area contributed by atoms with Crippen LogP contribution in [0.25, 0.3) is 6.08 Å². The fourth-order valence-electron chi connectivity index (χ4n) is 1.29. The molecular formula is C13H15NO3. The van der Waals surface area contributed by atoms with Crippen molar-refractivity contribution in [3.63, 3.8) is 0 Å². The van der Waals surface area contributed by atoms with Gasteiger partial charge >= 0.3 is 5.97 Å². The molecule has 0 fully saturated rings. The highest BCUT2D eigenvalue weighted by Crippen LogP contribution is 2.16. The fraction of sp³-hybridized carbons (Fsp3) is 0.231. The van der Waals surface area contributed by atoms with Crippen LogP contribution in [0.2, 0.25) is 0 Å². The standard InChI is InChI=1S/C13H15NO3/c1-3-17-13(16)7-5-11-8-10(9(2)15)4-6-12(11)14/h4-8H,3,14H2,1-2H3/b7-5+. The van der Waals surface area contributed by atoms with Gasteiger partial charge in [0.2, 0.25) is 0 Å². The monoisotopic (exact) mass is 233 g/mol. The number of carbonyl (C=O) groups is 2. The number of benzene rings is 1. The van der Waals surface area contributed by atoms with Gasteiger partial charge in [-0.3, -0.25) is 4.79 Å². The fourth-order valence-corrected chi connectivity index (χ4v) is 1.29. The molecule has 0 aliphatic heterocycles. The van der Waals surface area contributed by atoms with Crippen LogP contribution in [-0.4, -0.2) is 18.4 Å². The number of hydrogen-bond donors (Lipinski definition) is 1. The zero-order chi connectivity index (χ0) is 12.8. The summed E-state index contributed by atoms with van der Waals surface area (Å²) in [6, 6.07) is 4.94. The summed E-state index contributed by atoms with van der Waals surface area (Å²) in [5.74, 6) is -0.476. The molecule has 0 amide bonds. The first-order valence-electron chi connectivity index (χ1n) is 5.30. The smallest absolute Gasteiger partial charge is 0.330 e. The first-order valence-corrected chi connectivity index (χ1v) is 5.30. The van der Waals surface area contributed by atoms with Crippen LogP contribution in [0, 0.1) is 0 Å². The molecule has 1 aromatic carbocycles. The van der Waals surface area contributed by atoms with Crippen LogP contribution in [0.15, 0.2) is 24.3 Å². The van der Waals surface area contributed by atoms with Crippen molar-refractivity contribution in [3.8, 4) is 0 Å². The van der Waals surface area contributed by atoms with Crippen molar-refractivity contribution in [1.82, 2.24) is 0 Å². The minimum atomic E-state index is -0.430. The highest BCUT2D eigenvalue weighted by atomic mass is 16.5.